The summed E-state index contributed by atoms with van der Waals surface area (Å²) < 4.78 is 0. The first-order valence-corrected chi connectivity index (χ1v) is 7.74. The number of thiophene rings is 1. The van der Waals surface area contributed by atoms with E-state index in [0.717, 1.165) is 4.88 Å². The van der Waals surface area contributed by atoms with E-state index in [1.165, 1.54) is 10.9 Å². The monoisotopic (exact) mass is 324 g/mol. The first kappa shape index (κ1) is 15.8. The highest BCUT2D eigenvalue weighted by atomic mass is 35.5. The molecule has 21 heavy (non-hydrogen) atoms. The van der Waals surface area contributed by atoms with Crippen molar-refractivity contribution in [2.75, 3.05) is 5.32 Å². The van der Waals surface area contributed by atoms with Crippen molar-refractivity contribution in [3.63, 3.8) is 0 Å². The fourth-order valence-corrected chi connectivity index (χ4v) is 3.04. The molecule has 0 unspecified atom stereocenters. The van der Waals surface area contributed by atoms with Gasteiger partial charge in [-0.05, 0) is 29.7 Å². The largest absolute Gasteiger partial charge is 0.375 e. The normalized spacial score (nSPS) is 11.4. The topological polar surface area (TPSA) is 55.2 Å². The molecule has 1 N–H and O–H groups in total. The van der Waals surface area contributed by atoms with Crippen LogP contribution in [0.3, 0.4) is 0 Å². The van der Waals surface area contributed by atoms with Gasteiger partial charge in [-0.2, -0.15) is 0 Å². The van der Waals surface area contributed by atoms with Crippen molar-refractivity contribution >= 4 is 34.3 Å². The zero-order valence-electron chi connectivity index (χ0n) is 12.1. The molecule has 1 aromatic heterocycles. The molecular weight excluding hydrogens is 308 g/mol. The molecule has 0 aliphatic carbocycles. The van der Waals surface area contributed by atoms with Crippen LogP contribution in [0.1, 0.15) is 30.5 Å². The summed E-state index contributed by atoms with van der Waals surface area (Å²) in [7, 11) is 0. The van der Waals surface area contributed by atoms with Gasteiger partial charge in [0.05, 0.1) is 4.92 Å². The van der Waals surface area contributed by atoms with Crippen LogP contribution in [0, 0.1) is 10.1 Å². The van der Waals surface area contributed by atoms with E-state index >= 15 is 0 Å². The lowest BCUT2D eigenvalue weighted by Crippen LogP contribution is -2.07. The number of benzene rings is 1. The summed E-state index contributed by atoms with van der Waals surface area (Å²) >= 11 is 7.52. The molecule has 1 aromatic carbocycles. The second-order valence-electron chi connectivity index (χ2n) is 5.79. The van der Waals surface area contributed by atoms with E-state index in [9.17, 15) is 10.1 Å². The maximum Gasteiger partial charge on any atom is 0.293 e. The molecule has 0 aliphatic heterocycles. The Kier molecular flexibility index (Phi) is 4.54. The minimum absolute atomic E-state index is 0.00454. The van der Waals surface area contributed by atoms with Crippen LogP contribution in [0.25, 0.3) is 0 Å². The Bertz CT molecular complexity index is 662. The summed E-state index contributed by atoms with van der Waals surface area (Å²) in [6.45, 7) is 7.06. The summed E-state index contributed by atoms with van der Waals surface area (Å²) in [6.07, 6.45) is 0. The Morgan fingerprint density at radius 2 is 2.00 bits per heavy atom. The molecule has 0 saturated heterocycles. The number of nitrogens with zero attached hydrogens (tertiary/aromatic N) is 1. The maximum absolute atomic E-state index is 11.0. The molecule has 4 nitrogen and oxygen atoms in total. The standard InChI is InChI=1S/C15H17ClN2O2S/c1-15(2,3)14-7-5-11(21-14)9-17-12-6-4-10(16)8-13(12)18(19)20/h4-8,17H,9H2,1-3H3. The first-order chi connectivity index (χ1) is 9.77. The number of nitrogens with one attached hydrogen (secondary N) is 1. The molecule has 0 aliphatic rings. The van der Waals surface area contributed by atoms with Gasteiger partial charge in [0.25, 0.3) is 5.69 Å². The van der Waals surface area contributed by atoms with E-state index in [-0.39, 0.29) is 11.1 Å². The van der Waals surface area contributed by atoms with Crippen LogP contribution in [0.4, 0.5) is 11.4 Å². The van der Waals surface area contributed by atoms with Gasteiger partial charge in [0.2, 0.25) is 0 Å². The Morgan fingerprint density at radius 3 is 2.57 bits per heavy atom. The number of nitro groups is 1. The summed E-state index contributed by atoms with van der Waals surface area (Å²) in [6, 6.07) is 8.81. The molecule has 0 atom stereocenters. The van der Waals surface area contributed by atoms with Gasteiger partial charge in [0.1, 0.15) is 5.69 Å². The van der Waals surface area contributed by atoms with E-state index in [2.05, 4.69) is 38.2 Å². The SMILES string of the molecule is CC(C)(C)c1ccc(CNc2ccc(Cl)cc2[N+](=O)[O-])s1. The molecule has 2 aromatic rings. The summed E-state index contributed by atoms with van der Waals surface area (Å²) in [5.41, 5.74) is 0.597. The molecule has 1 heterocycles. The lowest BCUT2D eigenvalue weighted by atomic mass is 9.95. The molecule has 0 saturated carbocycles. The molecule has 0 radical (unpaired) electrons. The van der Waals surface area contributed by atoms with Crippen molar-refractivity contribution in [1.82, 2.24) is 0 Å². The van der Waals surface area contributed by atoms with Crippen LogP contribution in [0.5, 0.6) is 0 Å². The van der Waals surface area contributed by atoms with Crippen molar-refractivity contribution in [1.29, 1.82) is 0 Å². The van der Waals surface area contributed by atoms with Crippen LogP contribution in [-0.2, 0) is 12.0 Å². The Labute approximate surface area is 132 Å². The number of hydrogen-bond acceptors (Lipinski definition) is 4. The van der Waals surface area contributed by atoms with Crippen molar-refractivity contribution in [3.05, 3.63) is 55.2 Å². The van der Waals surface area contributed by atoms with Crippen LogP contribution < -0.4 is 5.32 Å². The molecular formula is C15H17ClN2O2S. The van der Waals surface area contributed by atoms with E-state index in [1.807, 2.05) is 0 Å². The van der Waals surface area contributed by atoms with Crippen LogP contribution in [0.2, 0.25) is 5.02 Å². The van der Waals surface area contributed by atoms with Crippen LogP contribution in [0.15, 0.2) is 30.3 Å². The zero-order chi connectivity index (χ0) is 15.6. The van der Waals surface area contributed by atoms with Crippen LogP contribution >= 0.6 is 22.9 Å². The molecule has 112 valence electrons. The number of halogens is 1. The Morgan fingerprint density at radius 1 is 1.29 bits per heavy atom. The minimum atomic E-state index is -0.427. The Balaban J connectivity index is 2.13. The fraction of sp³-hybridized carbons (Fsp3) is 0.333. The molecule has 2 rings (SSSR count). The first-order valence-electron chi connectivity index (χ1n) is 6.54. The number of hydrogen-bond donors (Lipinski definition) is 1. The third-order valence-electron chi connectivity index (χ3n) is 3.01. The maximum atomic E-state index is 11.0. The van der Waals surface area contributed by atoms with E-state index in [0.29, 0.717) is 17.3 Å². The third-order valence-corrected chi connectivity index (χ3v) is 4.76. The van der Waals surface area contributed by atoms with Gasteiger partial charge in [-0.3, -0.25) is 10.1 Å². The summed E-state index contributed by atoms with van der Waals surface area (Å²) in [4.78, 5) is 13.0. The number of rotatable bonds is 4. The summed E-state index contributed by atoms with van der Waals surface area (Å²) in [5, 5.41) is 14.5. The highest BCUT2D eigenvalue weighted by Gasteiger charge is 2.17. The van der Waals surface area contributed by atoms with E-state index in [4.69, 9.17) is 11.6 Å². The van der Waals surface area contributed by atoms with E-state index < -0.39 is 4.92 Å². The van der Waals surface area contributed by atoms with Gasteiger partial charge in [-0.25, -0.2) is 0 Å². The summed E-state index contributed by atoms with van der Waals surface area (Å²) in [5.74, 6) is 0. The second-order valence-corrected chi connectivity index (χ2v) is 7.39. The molecule has 6 heteroatoms. The van der Waals surface area contributed by atoms with Crippen molar-refractivity contribution in [2.45, 2.75) is 32.7 Å². The van der Waals surface area contributed by atoms with Crippen molar-refractivity contribution < 1.29 is 4.92 Å². The smallest absolute Gasteiger partial charge is 0.293 e. The fourth-order valence-electron chi connectivity index (χ4n) is 1.86. The quantitative estimate of drug-likeness (QED) is 0.619. The molecule has 0 spiro atoms. The van der Waals surface area contributed by atoms with Crippen LogP contribution in [-0.4, -0.2) is 4.92 Å². The van der Waals surface area contributed by atoms with Crippen molar-refractivity contribution in [2.24, 2.45) is 0 Å². The van der Waals surface area contributed by atoms with Gasteiger partial charge in [-0.1, -0.05) is 32.4 Å². The van der Waals surface area contributed by atoms with Gasteiger partial charge in [0.15, 0.2) is 0 Å². The molecule has 0 fully saturated rings. The minimum Gasteiger partial charge on any atom is -0.375 e. The van der Waals surface area contributed by atoms with Gasteiger partial charge in [-0.15, -0.1) is 11.3 Å². The lowest BCUT2D eigenvalue weighted by Gasteiger charge is -2.15. The predicted molar refractivity (Wildman–Crippen MR) is 88.5 cm³/mol. The number of nitro benzene ring substituents is 1. The molecule has 0 bridgehead atoms. The highest BCUT2D eigenvalue weighted by molar-refractivity contribution is 7.12. The number of anilines is 1. The second kappa shape index (κ2) is 6.03. The average molecular weight is 325 g/mol. The van der Waals surface area contributed by atoms with E-state index in [1.54, 1.807) is 23.5 Å². The van der Waals surface area contributed by atoms with Gasteiger partial charge < -0.3 is 5.32 Å². The predicted octanol–water partition coefficient (Wildman–Crippen LogP) is 5.22. The molecule has 0 amide bonds. The van der Waals surface area contributed by atoms with Gasteiger partial charge >= 0.3 is 0 Å². The lowest BCUT2D eigenvalue weighted by molar-refractivity contribution is -0.383. The Hall–Kier alpha value is -1.59. The zero-order valence-corrected chi connectivity index (χ0v) is 13.7. The highest BCUT2D eigenvalue weighted by Crippen LogP contribution is 2.31. The van der Waals surface area contributed by atoms with Crippen molar-refractivity contribution in [3.8, 4) is 0 Å². The average Bonchev–Trinajstić information content (AvgIpc) is 2.85. The third kappa shape index (κ3) is 3.95. The van der Waals surface area contributed by atoms with Gasteiger partial charge in [0, 0.05) is 27.4 Å².